The van der Waals surface area contributed by atoms with E-state index >= 15 is 0 Å². The van der Waals surface area contributed by atoms with Crippen LogP contribution >= 0.6 is 23.2 Å². The van der Waals surface area contributed by atoms with E-state index in [1.54, 1.807) is 48.5 Å². The smallest absolute Gasteiger partial charge is 0.264 e. The molecule has 0 heterocycles. The van der Waals surface area contributed by atoms with E-state index in [0.29, 0.717) is 34.1 Å². The molecule has 10 heteroatoms. The van der Waals surface area contributed by atoms with Gasteiger partial charge in [-0.05, 0) is 67.1 Å². The maximum atomic E-state index is 14.4. The number of carbonyl (C=O) groups is 2. The Kier molecular flexibility index (Phi) is 11.5. The molecule has 1 fully saturated rings. The molecule has 0 unspecified atom stereocenters. The number of para-hydroxylation sites is 1. The Balaban J connectivity index is 1.74. The molecule has 2 amide bonds. The lowest BCUT2D eigenvalue weighted by Crippen LogP contribution is -2.54. The molecule has 0 radical (unpaired) electrons. The second kappa shape index (κ2) is 15.1. The van der Waals surface area contributed by atoms with Crippen molar-refractivity contribution in [1.82, 2.24) is 10.2 Å². The number of rotatable bonds is 12. The lowest BCUT2D eigenvalue weighted by atomic mass is 9.95. The Morgan fingerprint density at radius 2 is 1.58 bits per heavy atom. The number of hydrogen-bond donors (Lipinski definition) is 1. The Hall–Kier alpha value is -3.07. The SMILES string of the molecule is CCc1ccccc1N(CC(=O)N(Cc1ccc(Cl)cc1Cl)[C@@H](CC)C(=O)NC1CCCCC1)S(=O)(=O)c1ccccc1. The minimum Gasteiger partial charge on any atom is -0.352 e. The molecule has 0 aromatic heterocycles. The van der Waals surface area contributed by atoms with Crippen LogP contribution in [-0.2, 0) is 32.6 Å². The molecule has 3 aromatic carbocycles. The molecular weight excluding hydrogens is 605 g/mol. The quantitative estimate of drug-likeness (QED) is 0.230. The van der Waals surface area contributed by atoms with Crippen LogP contribution in [0.5, 0.6) is 0 Å². The first-order valence-corrected chi connectivity index (χ1v) is 17.0. The maximum absolute atomic E-state index is 14.4. The van der Waals surface area contributed by atoms with E-state index in [9.17, 15) is 18.0 Å². The second-order valence-electron chi connectivity index (χ2n) is 10.8. The third-order valence-corrected chi connectivity index (χ3v) is 10.3. The largest absolute Gasteiger partial charge is 0.352 e. The average Bonchev–Trinajstić information content (AvgIpc) is 3.01. The van der Waals surface area contributed by atoms with Crippen LogP contribution in [0.15, 0.2) is 77.7 Å². The van der Waals surface area contributed by atoms with Gasteiger partial charge in [-0.1, -0.05) is 98.8 Å². The Bertz CT molecular complexity index is 1510. The molecule has 0 bridgehead atoms. The number of halogens is 2. The van der Waals surface area contributed by atoms with Gasteiger partial charge < -0.3 is 10.2 Å². The van der Waals surface area contributed by atoms with Gasteiger partial charge >= 0.3 is 0 Å². The van der Waals surface area contributed by atoms with E-state index in [0.717, 1.165) is 42.0 Å². The molecule has 0 spiro atoms. The number of nitrogens with zero attached hydrogens (tertiary/aromatic N) is 2. The highest BCUT2D eigenvalue weighted by Gasteiger charge is 2.35. The van der Waals surface area contributed by atoms with Gasteiger partial charge in [0.1, 0.15) is 12.6 Å². The minimum absolute atomic E-state index is 0.0140. The third kappa shape index (κ3) is 8.11. The van der Waals surface area contributed by atoms with Gasteiger partial charge in [-0.15, -0.1) is 0 Å². The van der Waals surface area contributed by atoms with Crippen LogP contribution in [0.25, 0.3) is 0 Å². The van der Waals surface area contributed by atoms with Gasteiger partial charge in [-0.25, -0.2) is 8.42 Å². The number of benzene rings is 3. The van der Waals surface area contributed by atoms with E-state index in [2.05, 4.69) is 5.32 Å². The van der Waals surface area contributed by atoms with Crippen LogP contribution in [0.1, 0.15) is 63.5 Å². The lowest BCUT2D eigenvalue weighted by Gasteiger charge is -2.35. The molecule has 7 nitrogen and oxygen atoms in total. The summed E-state index contributed by atoms with van der Waals surface area (Å²) in [6, 6.07) is 19.4. The number of sulfonamides is 1. The van der Waals surface area contributed by atoms with Crippen LogP contribution in [-0.4, -0.2) is 43.8 Å². The van der Waals surface area contributed by atoms with Gasteiger partial charge in [-0.3, -0.25) is 13.9 Å². The van der Waals surface area contributed by atoms with Crippen molar-refractivity contribution in [2.24, 2.45) is 0 Å². The maximum Gasteiger partial charge on any atom is 0.264 e. The summed E-state index contributed by atoms with van der Waals surface area (Å²) in [4.78, 5) is 29.6. The molecule has 1 N–H and O–H groups in total. The second-order valence-corrected chi connectivity index (χ2v) is 13.5. The summed E-state index contributed by atoms with van der Waals surface area (Å²) in [5.41, 5.74) is 1.81. The highest BCUT2D eigenvalue weighted by molar-refractivity contribution is 7.92. The number of nitrogens with one attached hydrogen (secondary N) is 1. The molecule has 43 heavy (non-hydrogen) atoms. The van der Waals surface area contributed by atoms with Gasteiger partial charge in [0.2, 0.25) is 11.8 Å². The normalized spacial score (nSPS) is 14.6. The van der Waals surface area contributed by atoms with Gasteiger partial charge in [0.25, 0.3) is 10.0 Å². The summed E-state index contributed by atoms with van der Waals surface area (Å²) in [7, 11) is -4.14. The molecule has 1 saturated carbocycles. The molecule has 1 aliphatic carbocycles. The molecule has 0 saturated heterocycles. The summed E-state index contributed by atoms with van der Waals surface area (Å²) in [5, 5.41) is 3.96. The molecule has 4 rings (SSSR count). The van der Waals surface area contributed by atoms with Crippen LogP contribution < -0.4 is 9.62 Å². The summed E-state index contributed by atoms with van der Waals surface area (Å²) in [6.45, 7) is 3.30. The van der Waals surface area contributed by atoms with E-state index in [1.807, 2.05) is 26.0 Å². The molecule has 1 aliphatic rings. The minimum atomic E-state index is -4.14. The first-order valence-electron chi connectivity index (χ1n) is 14.8. The molecular formula is C33H39Cl2N3O4S. The highest BCUT2D eigenvalue weighted by atomic mass is 35.5. The number of aryl methyl sites for hydroxylation is 1. The zero-order valence-electron chi connectivity index (χ0n) is 24.6. The van der Waals surface area contributed by atoms with Crippen LogP contribution in [0.2, 0.25) is 10.0 Å². The molecule has 230 valence electrons. The van der Waals surface area contributed by atoms with E-state index < -0.39 is 28.5 Å². The van der Waals surface area contributed by atoms with Crippen molar-refractivity contribution in [3.05, 3.63) is 94.0 Å². The van der Waals surface area contributed by atoms with Crippen molar-refractivity contribution >= 4 is 50.7 Å². The summed E-state index contributed by atoms with van der Waals surface area (Å²) in [5.74, 6) is -0.763. The zero-order valence-corrected chi connectivity index (χ0v) is 27.0. The van der Waals surface area contributed by atoms with Crippen molar-refractivity contribution < 1.29 is 18.0 Å². The number of anilines is 1. The first kappa shape index (κ1) is 32.8. The summed E-state index contributed by atoms with van der Waals surface area (Å²) in [6.07, 6.45) is 5.95. The Labute approximate surface area is 265 Å². The van der Waals surface area contributed by atoms with Gasteiger partial charge in [-0.2, -0.15) is 0 Å². The van der Waals surface area contributed by atoms with Crippen LogP contribution in [0, 0.1) is 0 Å². The van der Waals surface area contributed by atoms with Crippen molar-refractivity contribution in [3.63, 3.8) is 0 Å². The topological polar surface area (TPSA) is 86.8 Å². The molecule has 0 aliphatic heterocycles. The van der Waals surface area contributed by atoms with Gasteiger partial charge in [0, 0.05) is 22.6 Å². The number of amides is 2. The monoisotopic (exact) mass is 643 g/mol. The average molecular weight is 645 g/mol. The van der Waals surface area contributed by atoms with Crippen LogP contribution in [0.4, 0.5) is 5.69 Å². The van der Waals surface area contributed by atoms with E-state index in [1.165, 1.54) is 17.0 Å². The molecule has 1 atom stereocenters. The van der Waals surface area contributed by atoms with Crippen molar-refractivity contribution in [2.45, 2.75) is 82.3 Å². The number of carbonyl (C=O) groups excluding carboxylic acids is 2. The number of hydrogen-bond acceptors (Lipinski definition) is 4. The summed E-state index contributed by atoms with van der Waals surface area (Å²) < 4.78 is 29.3. The first-order chi connectivity index (χ1) is 20.6. The van der Waals surface area contributed by atoms with Gasteiger partial charge in [0.15, 0.2) is 0 Å². The van der Waals surface area contributed by atoms with Crippen molar-refractivity contribution in [1.29, 1.82) is 0 Å². The fraction of sp³-hybridized carbons (Fsp3) is 0.394. The Morgan fingerprint density at radius 1 is 0.907 bits per heavy atom. The Morgan fingerprint density at radius 3 is 2.23 bits per heavy atom. The van der Waals surface area contributed by atoms with Crippen molar-refractivity contribution in [3.8, 4) is 0 Å². The molecule has 3 aromatic rings. The van der Waals surface area contributed by atoms with Crippen molar-refractivity contribution in [2.75, 3.05) is 10.8 Å². The van der Waals surface area contributed by atoms with Crippen LogP contribution in [0.3, 0.4) is 0 Å². The standard InChI is InChI=1S/C33H39Cl2N3O4S/c1-3-24-13-11-12-18-31(24)38(43(41,42)28-16-9-6-10-17-28)23-32(39)37(22-25-19-20-26(34)21-29(25)35)30(4-2)33(40)36-27-14-7-5-8-15-27/h6,9-13,16-21,27,30H,3-5,7-8,14-15,22-23H2,1-2H3,(H,36,40)/t30-/m0/s1. The fourth-order valence-electron chi connectivity index (χ4n) is 5.58. The summed E-state index contributed by atoms with van der Waals surface area (Å²) >= 11 is 12.7. The zero-order chi connectivity index (χ0) is 31.0. The van der Waals surface area contributed by atoms with Gasteiger partial charge in [0.05, 0.1) is 10.6 Å². The third-order valence-electron chi connectivity index (χ3n) is 7.94. The predicted molar refractivity (Wildman–Crippen MR) is 173 cm³/mol. The fourth-order valence-corrected chi connectivity index (χ4v) is 7.52. The highest BCUT2D eigenvalue weighted by Crippen LogP contribution is 2.29. The predicted octanol–water partition coefficient (Wildman–Crippen LogP) is 7.01. The lowest BCUT2D eigenvalue weighted by molar-refractivity contribution is -0.140. The van der Waals surface area contributed by atoms with E-state index in [-0.39, 0.29) is 23.4 Å². The van der Waals surface area contributed by atoms with E-state index in [4.69, 9.17) is 23.2 Å².